The first-order chi connectivity index (χ1) is 8.24. The van der Waals surface area contributed by atoms with Gasteiger partial charge in [0.1, 0.15) is 12.0 Å². The van der Waals surface area contributed by atoms with E-state index in [0.717, 1.165) is 5.56 Å². The van der Waals surface area contributed by atoms with Gasteiger partial charge in [0.05, 0.1) is 13.2 Å². The zero-order valence-corrected chi connectivity index (χ0v) is 9.64. The molecule has 1 aromatic carbocycles. The Bertz CT molecular complexity index is 507. The van der Waals surface area contributed by atoms with Crippen molar-refractivity contribution in [2.45, 2.75) is 20.0 Å². The van der Waals surface area contributed by atoms with Crippen LogP contribution in [0.15, 0.2) is 44.2 Å². The molecule has 17 heavy (non-hydrogen) atoms. The normalized spacial score (nSPS) is 10.6. The Morgan fingerprint density at radius 3 is 2.65 bits per heavy atom. The number of rotatable bonds is 5. The predicted octanol–water partition coefficient (Wildman–Crippen LogP) is 2.30. The third-order valence-corrected chi connectivity index (χ3v) is 2.38. The lowest BCUT2D eigenvalue weighted by molar-refractivity contribution is 0.120. The Kier molecular flexibility index (Phi) is 3.77. The van der Waals surface area contributed by atoms with Crippen LogP contribution in [0.5, 0.6) is 0 Å². The molecule has 0 saturated heterocycles. The minimum atomic E-state index is -0.668. The molecule has 0 fully saturated rings. The van der Waals surface area contributed by atoms with Gasteiger partial charge in [-0.2, -0.15) is 0 Å². The SMILES string of the molecule is Cc1ccc(COCCc2coc(=O)o2)cc1. The smallest absolute Gasteiger partial charge is 0.399 e. The molecule has 0 spiro atoms. The first-order valence-electron chi connectivity index (χ1n) is 5.45. The minimum absolute atomic E-state index is 0.496. The zero-order chi connectivity index (χ0) is 12.1. The summed E-state index contributed by atoms with van der Waals surface area (Å²) in [5, 5.41) is 0. The predicted molar refractivity (Wildman–Crippen MR) is 61.8 cm³/mol. The molecule has 0 saturated carbocycles. The second-order valence-corrected chi connectivity index (χ2v) is 3.84. The molecule has 1 heterocycles. The lowest BCUT2D eigenvalue weighted by Gasteiger charge is -2.03. The number of aryl methyl sites for hydroxylation is 1. The first-order valence-corrected chi connectivity index (χ1v) is 5.45. The largest absolute Gasteiger partial charge is 0.518 e. The van der Waals surface area contributed by atoms with E-state index < -0.39 is 5.82 Å². The van der Waals surface area contributed by atoms with Gasteiger partial charge in [-0.15, -0.1) is 0 Å². The van der Waals surface area contributed by atoms with Crippen LogP contribution in [-0.2, 0) is 17.8 Å². The van der Waals surface area contributed by atoms with Gasteiger partial charge in [-0.1, -0.05) is 29.8 Å². The maximum absolute atomic E-state index is 10.6. The van der Waals surface area contributed by atoms with Gasteiger partial charge >= 0.3 is 5.82 Å². The van der Waals surface area contributed by atoms with Crippen LogP contribution in [0.25, 0.3) is 0 Å². The highest BCUT2D eigenvalue weighted by Gasteiger charge is 2.01. The summed E-state index contributed by atoms with van der Waals surface area (Å²) in [5.41, 5.74) is 2.36. The number of hydrogen-bond donors (Lipinski definition) is 0. The summed E-state index contributed by atoms with van der Waals surface area (Å²) in [6.07, 6.45) is 1.86. The molecule has 0 radical (unpaired) electrons. The van der Waals surface area contributed by atoms with Crippen molar-refractivity contribution >= 4 is 0 Å². The first kappa shape index (κ1) is 11.7. The lowest BCUT2D eigenvalue weighted by Crippen LogP contribution is -1.99. The molecule has 90 valence electrons. The minimum Gasteiger partial charge on any atom is -0.399 e. The summed E-state index contributed by atoms with van der Waals surface area (Å²) in [5.74, 6) is -0.155. The maximum atomic E-state index is 10.6. The van der Waals surface area contributed by atoms with Crippen molar-refractivity contribution < 1.29 is 13.6 Å². The molecule has 2 rings (SSSR count). The summed E-state index contributed by atoms with van der Waals surface area (Å²) in [4.78, 5) is 10.6. The van der Waals surface area contributed by atoms with Crippen molar-refractivity contribution in [1.29, 1.82) is 0 Å². The van der Waals surface area contributed by atoms with E-state index in [1.807, 2.05) is 31.2 Å². The Hall–Kier alpha value is -1.81. The third-order valence-electron chi connectivity index (χ3n) is 2.38. The maximum Gasteiger partial charge on any atom is 0.518 e. The van der Waals surface area contributed by atoms with Gasteiger partial charge in [-0.05, 0) is 12.5 Å². The van der Waals surface area contributed by atoms with E-state index in [1.165, 1.54) is 11.8 Å². The fraction of sp³-hybridized carbons (Fsp3) is 0.308. The van der Waals surface area contributed by atoms with E-state index in [0.29, 0.717) is 25.4 Å². The molecule has 0 unspecified atom stereocenters. The summed E-state index contributed by atoms with van der Waals surface area (Å²) in [7, 11) is 0. The second-order valence-electron chi connectivity index (χ2n) is 3.84. The molecular formula is C13H14O4. The molecule has 0 bridgehead atoms. The van der Waals surface area contributed by atoms with Gasteiger partial charge < -0.3 is 13.6 Å². The Labute approximate surface area is 98.8 Å². The van der Waals surface area contributed by atoms with Gasteiger partial charge in [0.2, 0.25) is 0 Å². The molecule has 0 aliphatic carbocycles. The number of benzene rings is 1. The number of ether oxygens (including phenoxy) is 1. The third kappa shape index (κ3) is 3.60. The van der Waals surface area contributed by atoms with Gasteiger partial charge in [0.15, 0.2) is 0 Å². The molecule has 0 N–H and O–H groups in total. The van der Waals surface area contributed by atoms with Crippen molar-refractivity contribution in [3.63, 3.8) is 0 Å². The number of hydrogen-bond acceptors (Lipinski definition) is 4. The van der Waals surface area contributed by atoms with Crippen LogP contribution in [0, 0.1) is 6.92 Å². The van der Waals surface area contributed by atoms with E-state index in [2.05, 4.69) is 4.42 Å². The molecule has 0 atom stereocenters. The molecule has 4 heteroatoms. The second kappa shape index (κ2) is 5.50. The highest BCUT2D eigenvalue weighted by Crippen LogP contribution is 2.05. The van der Waals surface area contributed by atoms with Crippen LogP contribution in [-0.4, -0.2) is 6.61 Å². The Balaban J connectivity index is 1.73. The summed E-state index contributed by atoms with van der Waals surface area (Å²) in [6.45, 7) is 3.10. The fourth-order valence-electron chi connectivity index (χ4n) is 1.43. The summed E-state index contributed by atoms with van der Waals surface area (Å²) >= 11 is 0. The molecule has 0 aliphatic heterocycles. The van der Waals surface area contributed by atoms with Crippen molar-refractivity contribution in [2.24, 2.45) is 0 Å². The van der Waals surface area contributed by atoms with Crippen LogP contribution < -0.4 is 5.82 Å². The summed E-state index contributed by atoms with van der Waals surface area (Å²) in [6, 6.07) is 8.17. The van der Waals surface area contributed by atoms with Crippen LogP contribution >= 0.6 is 0 Å². The molecule has 0 aliphatic rings. The topological polar surface area (TPSA) is 52.6 Å². The van der Waals surface area contributed by atoms with Crippen molar-refractivity contribution in [1.82, 2.24) is 0 Å². The van der Waals surface area contributed by atoms with Gasteiger partial charge in [0, 0.05) is 6.42 Å². The average molecular weight is 234 g/mol. The molecular weight excluding hydrogens is 220 g/mol. The van der Waals surface area contributed by atoms with Gasteiger partial charge in [0.25, 0.3) is 0 Å². The van der Waals surface area contributed by atoms with Crippen molar-refractivity contribution in [3.8, 4) is 0 Å². The molecule has 1 aromatic heterocycles. The Morgan fingerprint density at radius 1 is 1.24 bits per heavy atom. The highest BCUT2D eigenvalue weighted by atomic mass is 16.6. The zero-order valence-electron chi connectivity index (χ0n) is 9.64. The van der Waals surface area contributed by atoms with E-state index in [-0.39, 0.29) is 0 Å². The molecule has 4 nitrogen and oxygen atoms in total. The van der Waals surface area contributed by atoms with Gasteiger partial charge in [-0.3, -0.25) is 0 Å². The van der Waals surface area contributed by atoms with E-state index >= 15 is 0 Å². The Morgan fingerprint density at radius 2 is 2.00 bits per heavy atom. The van der Waals surface area contributed by atoms with Crippen LogP contribution in [0.2, 0.25) is 0 Å². The highest BCUT2D eigenvalue weighted by molar-refractivity contribution is 5.20. The van der Waals surface area contributed by atoms with Crippen LogP contribution in [0.4, 0.5) is 0 Å². The standard InChI is InChI=1S/C13H14O4/c1-10-2-4-11(5-3-10)8-15-7-6-12-9-16-13(14)17-12/h2-5,9H,6-8H2,1H3. The monoisotopic (exact) mass is 234 g/mol. The quantitative estimate of drug-likeness (QED) is 0.745. The molecule has 2 aromatic rings. The fourth-order valence-corrected chi connectivity index (χ4v) is 1.43. The average Bonchev–Trinajstić information content (AvgIpc) is 2.73. The van der Waals surface area contributed by atoms with Crippen molar-refractivity contribution in [2.75, 3.05) is 6.61 Å². The van der Waals surface area contributed by atoms with Crippen molar-refractivity contribution in [3.05, 3.63) is 58.0 Å². The van der Waals surface area contributed by atoms with Crippen LogP contribution in [0.3, 0.4) is 0 Å². The van der Waals surface area contributed by atoms with Crippen LogP contribution in [0.1, 0.15) is 16.9 Å². The molecule has 0 amide bonds. The van der Waals surface area contributed by atoms with Gasteiger partial charge in [-0.25, -0.2) is 4.79 Å². The lowest BCUT2D eigenvalue weighted by atomic mass is 10.2. The van der Waals surface area contributed by atoms with E-state index in [9.17, 15) is 4.79 Å². The van der Waals surface area contributed by atoms with E-state index in [4.69, 9.17) is 9.15 Å². The van der Waals surface area contributed by atoms with E-state index in [1.54, 1.807) is 0 Å². The summed E-state index contributed by atoms with van der Waals surface area (Å²) < 4.78 is 14.7.